The number of rotatable bonds is 7. The van der Waals surface area contributed by atoms with E-state index in [1.165, 1.54) is 14.2 Å². The van der Waals surface area contributed by atoms with Crippen molar-refractivity contribution in [2.45, 2.75) is 53.2 Å². The van der Waals surface area contributed by atoms with Crippen molar-refractivity contribution in [3.63, 3.8) is 0 Å². The zero-order chi connectivity index (χ0) is 25.9. The fraction of sp³-hybridized carbons (Fsp3) is 0.481. The maximum atomic E-state index is 12.4. The lowest BCUT2D eigenvalue weighted by Crippen LogP contribution is -2.32. The first-order valence-electron chi connectivity index (χ1n) is 11.5. The lowest BCUT2D eigenvalue weighted by Gasteiger charge is -2.34. The number of methoxy groups -OCH3 is 3. The summed E-state index contributed by atoms with van der Waals surface area (Å²) in [6, 6.07) is 8.71. The predicted molar refractivity (Wildman–Crippen MR) is 129 cm³/mol. The molecule has 0 saturated carbocycles. The lowest BCUT2D eigenvalue weighted by molar-refractivity contribution is -0.143. The first-order chi connectivity index (χ1) is 16.5. The third kappa shape index (κ3) is 5.88. The van der Waals surface area contributed by atoms with Crippen molar-refractivity contribution in [1.29, 1.82) is 0 Å². The van der Waals surface area contributed by atoms with E-state index in [-0.39, 0.29) is 24.0 Å². The summed E-state index contributed by atoms with van der Waals surface area (Å²) < 4.78 is 34.2. The highest BCUT2D eigenvalue weighted by Crippen LogP contribution is 2.44. The van der Waals surface area contributed by atoms with Gasteiger partial charge in [0.2, 0.25) is 0 Å². The molecule has 0 N–H and O–H groups in total. The summed E-state index contributed by atoms with van der Waals surface area (Å²) in [5.74, 6) is 1.17. The molecule has 0 amide bonds. The summed E-state index contributed by atoms with van der Waals surface area (Å²) in [5, 5.41) is 0. The second kappa shape index (κ2) is 10.6. The van der Waals surface area contributed by atoms with Crippen LogP contribution in [0, 0.1) is 11.3 Å². The maximum Gasteiger partial charge on any atom is 0.316 e. The molecular formula is C27H34O8. The minimum absolute atomic E-state index is 0.286. The van der Waals surface area contributed by atoms with Crippen LogP contribution in [0.2, 0.25) is 0 Å². The highest BCUT2D eigenvalue weighted by Gasteiger charge is 2.35. The molecule has 2 unspecified atom stereocenters. The van der Waals surface area contributed by atoms with E-state index < -0.39 is 11.5 Å². The highest BCUT2D eigenvalue weighted by molar-refractivity contribution is 5.78. The zero-order valence-electron chi connectivity index (χ0n) is 21.6. The van der Waals surface area contributed by atoms with Gasteiger partial charge in [-0.05, 0) is 38.5 Å². The van der Waals surface area contributed by atoms with E-state index in [4.69, 9.17) is 28.4 Å². The van der Waals surface area contributed by atoms with Gasteiger partial charge in [0.15, 0.2) is 17.6 Å². The van der Waals surface area contributed by atoms with Gasteiger partial charge in [-0.25, -0.2) is 0 Å². The van der Waals surface area contributed by atoms with Crippen molar-refractivity contribution in [3.05, 3.63) is 41.5 Å². The van der Waals surface area contributed by atoms with Crippen LogP contribution in [0.15, 0.2) is 30.3 Å². The molecule has 1 aliphatic rings. The molecule has 2 aromatic rings. The monoisotopic (exact) mass is 486 g/mol. The molecule has 1 heterocycles. The molecule has 190 valence electrons. The first kappa shape index (κ1) is 26.3. The Balaban J connectivity index is 1.97. The molecule has 8 nitrogen and oxygen atoms in total. The molecule has 0 aromatic heterocycles. The number of hydrogen-bond donors (Lipinski definition) is 0. The van der Waals surface area contributed by atoms with Crippen LogP contribution in [-0.4, -0.2) is 39.4 Å². The Morgan fingerprint density at radius 1 is 0.943 bits per heavy atom. The van der Waals surface area contributed by atoms with Gasteiger partial charge in [-0.1, -0.05) is 19.9 Å². The fourth-order valence-electron chi connectivity index (χ4n) is 3.55. The summed E-state index contributed by atoms with van der Waals surface area (Å²) in [4.78, 5) is 24.7. The van der Waals surface area contributed by atoms with Crippen LogP contribution < -0.4 is 23.7 Å². The number of carbonyl (C=O) groups excluding carboxylic acids is 2. The number of carbonyl (C=O) groups is 2. The summed E-state index contributed by atoms with van der Waals surface area (Å²) in [7, 11) is 4.65. The Kier molecular flexibility index (Phi) is 7.95. The number of esters is 2. The van der Waals surface area contributed by atoms with Gasteiger partial charge < -0.3 is 28.4 Å². The van der Waals surface area contributed by atoms with Crippen molar-refractivity contribution >= 4 is 11.9 Å². The maximum absolute atomic E-state index is 12.4. The summed E-state index contributed by atoms with van der Waals surface area (Å²) in [5.41, 5.74) is 0.848. The fourth-order valence-corrected chi connectivity index (χ4v) is 3.55. The SMILES string of the molecule is COc1cc(OC(=O)C(C)C)c2c(c1)OC(c1ccc(OC(=O)C(C)(C)C)c(OC)c1)C(OC)C2. The summed E-state index contributed by atoms with van der Waals surface area (Å²) >= 11 is 0. The van der Waals surface area contributed by atoms with Gasteiger partial charge in [-0.15, -0.1) is 0 Å². The summed E-state index contributed by atoms with van der Waals surface area (Å²) in [6.45, 7) is 8.90. The van der Waals surface area contributed by atoms with Crippen molar-refractivity contribution in [1.82, 2.24) is 0 Å². The van der Waals surface area contributed by atoms with Crippen LogP contribution in [0.3, 0.4) is 0 Å². The second-order valence-corrected chi connectivity index (χ2v) is 9.74. The average Bonchev–Trinajstić information content (AvgIpc) is 2.82. The minimum atomic E-state index is -0.656. The number of benzene rings is 2. The van der Waals surface area contributed by atoms with Crippen molar-refractivity contribution in [2.24, 2.45) is 11.3 Å². The second-order valence-electron chi connectivity index (χ2n) is 9.74. The van der Waals surface area contributed by atoms with Crippen molar-refractivity contribution in [3.8, 4) is 28.7 Å². The zero-order valence-corrected chi connectivity index (χ0v) is 21.6. The molecule has 8 heteroatoms. The van der Waals surface area contributed by atoms with E-state index in [0.717, 1.165) is 11.1 Å². The Bertz CT molecular complexity index is 1080. The normalized spacial score (nSPS) is 17.3. The van der Waals surface area contributed by atoms with Gasteiger partial charge in [-0.2, -0.15) is 0 Å². The van der Waals surface area contributed by atoms with Gasteiger partial charge in [0.1, 0.15) is 23.4 Å². The smallest absolute Gasteiger partial charge is 0.316 e. The third-order valence-electron chi connectivity index (χ3n) is 5.69. The predicted octanol–water partition coefficient (Wildman–Crippen LogP) is 4.91. The minimum Gasteiger partial charge on any atom is -0.496 e. The Hall–Kier alpha value is -3.26. The number of fused-ring (bicyclic) bond motifs is 1. The molecule has 0 fully saturated rings. The third-order valence-corrected chi connectivity index (χ3v) is 5.69. The largest absolute Gasteiger partial charge is 0.496 e. The molecular weight excluding hydrogens is 452 g/mol. The quantitative estimate of drug-likeness (QED) is 0.403. The van der Waals surface area contributed by atoms with E-state index in [1.54, 1.807) is 66.0 Å². The molecule has 0 radical (unpaired) electrons. The molecule has 0 spiro atoms. The van der Waals surface area contributed by atoms with Crippen LogP contribution in [-0.2, 0) is 20.7 Å². The number of hydrogen-bond acceptors (Lipinski definition) is 8. The Morgan fingerprint density at radius 3 is 2.23 bits per heavy atom. The van der Waals surface area contributed by atoms with Crippen molar-refractivity contribution in [2.75, 3.05) is 21.3 Å². The van der Waals surface area contributed by atoms with Crippen LogP contribution in [0.25, 0.3) is 0 Å². The molecule has 2 aromatic carbocycles. The lowest BCUT2D eigenvalue weighted by atomic mass is 9.93. The van der Waals surface area contributed by atoms with E-state index in [0.29, 0.717) is 35.2 Å². The summed E-state index contributed by atoms with van der Waals surface area (Å²) in [6.07, 6.45) is -0.417. The molecule has 0 bridgehead atoms. The topological polar surface area (TPSA) is 89.5 Å². The van der Waals surface area contributed by atoms with E-state index >= 15 is 0 Å². The number of ether oxygens (including phenoxy) is 6. The van der Waals surface area contributed by atoms with E-state index in [2.05, 4.69) is 0 Å². The van der Waals surface area contributed by atoms with Gasteiger partial charge in [-0.3, -0.25) is 9.59 Å². The van der Waals surface area contributed by atoms with Crippen molar-refractivity contribution < 1.29 is 38.0 Å². The first-order valence-corrected chi connectivity index (χ1v) is 11.5. The van der Waals surface area contributed by atoms with Gasteiger partial charge >= 0.3 is 11.9 Å². The molecule has 0 saturated heterocycles. The average molecular weight is 487 g/mol. The van der Waals surface area contributed by atoms with Crippen LogP contribution >= 0.6 is 0 Å². The Morgan fingerprint density at radius 2 is 1.66 bits per heavy atom. The molecule has 35 heavy (non-hydrogen) atoms. The van der Waals surface area contributed by atoms with Gasteiger partial charge in [0.25, 0.3) is 0 Å². The molecule has 2 atom stereocenters. The van der Waals surface area contributed by atoms with Crippen LogP contribution in [0.5, 0.6) is 28.7 Å². The van der Waals surface area contributed by atoms with Gasteiger partial charge in [0.05, 0.1) is 25.6 Å². The van der Waals surface area contributed by atoms with E-state index in [9.17, 15) is 9.59 Å². The standard InChI is InChI=1S/C27H34O8/c1-15(2)25(28)34-21-13-17(30-6)12-20-18(21)14-23(32-8)24(33-20)16-9-10-19(22(11-16)31-7)35-26(29)27(3,4)5/h9-13,15,23-24H,14H2,1-8H3. The molecule has 3 rings (SSSR count). The van der Waals surface area contributed by atoms with E-state index in [1.807, 2.05) is 6.07 Å². The Labute approximate surface area is 206 Å². The molecule has 1 aliphatic heterocycles. The molecule has 0 aliphatic carbocycles. The highest BCUT2D eigenvalue weighted by atomic mass is 16.6. The van der Waals surface area contributed by atoms with Crippen LogP contribution in [0.1, 0.15) is 51.8 Å². The van der Waals surface area contributed by atoms with Gasteiger partial charge in [0, 0.05) is 31.2 Å². The van der Waals surface area contributed by atoms with Crippen LogP contribution in [0.4, 0.5) is 0 Å².